The predicted molar refractivity (Wildman–Crippen MR) is 78.8 cm³/mol. The molecule has 1 fully saturated rings. The summed E-state index contributed by atoms with van der Waals surface area (Å²) in [6.45, 7) is 0. The Labute approximate surface area is 122 Å². The molecule has 1 aromatic heterocycles. The van der Waals surface area contributed by atoms with E-state index in [0.29, 0.717) is 17.0 Å². The third kappa shape index (κ3) is 2.44. The summed E-state index contributed by atoms with van der Waals surface area (Å²) in [5.41, 5.74) is 7.21. The van der Waals surface area contributed by atoms with E-state index < -0.39 is 11.9 Å². The summed E-state index contributed by atoms with van der Waals surface area (Å²) in [5.74, 6) is 0.00595. The number of aliphatic hydroxyl groups excluding tert-OH is 1. The minimum Gasteiger partial charge on any atom is -0.494 e. The molecule has 1 heterocycles. The minimum absolute atomic E-state index is 0.118. The molecule has 0 amide bonds. The third-order valence-electron chi connectivity index (χ3n) is 4.27. The van der Waals surface area contributed by atoms with Crippen molar-refractivity contribution in [2.24, 2.45) is 0 Å². The number of aliphatic hydroxyl groups is 1. The highest BCUT2D eigenvalue weighted by atomic mass is 19.1. The van der Waals surface area contributed by atoms with Crippen LogP contribution in [0, 0.1) is 5.82 Å². The second kappa shape index (κ2) is 5.52. The molecule has 2 aromatic rings. The lowest BCUT2D eigenvalue weighted by Gasteiger charge is -2.23. The van der Waals surface area contributed by atoms with E-state index in [4.69, 9.17) is 10.5 Å². The zero-order chi connectivity index (χ0) is 15.0. The minimum atomic E-state index is -0.462. The largest absolute Gasteiger partial charge is 0.494 e. The number of imidazole rings is 1. The first-order chi connectivity index (χ1) is 10.1. The average molecular weight is 293 g/mol. The lowest BCUT2D eigenvalue weighted by molar-refractivity contribution is 0.108. The van der Waals surface area contributed by atoms with Crippen molar-refractivity contribution in [3.8, 4) is 5.75 Å². The van der Waals surface area contributed by atoms with Crippen LogP contribution in [0.1, 0.15) is 38.1 Å². The molecule has 1 aliphatic rings. The molecule has 0 radical (unpaired) electrons. The van der Waals surface area contributed by atoms with Gasteiger partial charge in [-0.15, -0.1) is 0 Å². The van der Waals surface area contributed by atoms with Crippen LogP contribution in [0.25, 0.3) is 11.0 Å². The van der Waals surface area contributed by atoms with Gasteiger partial charge in [-0.25, -0.2) is 9.37 Å². The molecule has 0 aliphatic heterocycles. The van der Waals surface area contributed by atoms with Gasteiger partial charge in [-0.3, -0.25) is 0 Å². The molecular weight excluding hydrogens is 273 g/mol. The number of nitrogens with zero attached hydrogens (tertiary/aromatic N) is 2. The van der Waals surface area contributed by atoms with Crippen molar-refractivity contribution >= 4 is 17.0 Å². The Balaban J connectivity index is 2.14. The van der Waals surface area contributed by atoms with E-state index in [1.807, 2.05) is 4.57 Å². The summed E-state index contributed by atoms with van der Waals surface area (Å²) in [6.07, 6.45) is 4.31. The van der Waals surface area contributed by atoms with Crippen LogP contribution in [0.3, 0.4) is 0 Å². The molecule has 0 saturated heterocycles. The van der Waals surface area contributed by atoms with Crippen molar-refractivity contribution in [3.05, 3.63) is 17.9 Å². The second-order valence-corrected chi connectivity index (χ2v) is 5.59. The van der Waals surface area contributed by atoms with E-state index in [-0.39, 0.29) is 11.8 Å². The number of benzene rings is 1. The van der Waals surface area contributed by atoms with Crippen molar-refractivity contribution < 1.29 is 14.2 Å². The van der Waals surface area contributed by atoms with E-state index in [0.717, 1.165) is 32.1 Å². The van der Waals surface area contributed by atoms with Gasteiger partial charge in [0.25, 0.3) is 0 Å². The maximum Gasteiger partial charge on any atom is 0.201 e. The summed E-state index contributed by atoms with van der Waals surface area (Å²) < 4.78 is 20.6. The highest BCUT2D eigenvalue weighted by molar-refractivity contribution is 5.80. The van der Waals surface area contributed by atoms with Gasteiger partial charge in [0.2, 0.25) is 5.95 Å². The summed E-state index contributed by atoms with van der Waals surface area (Å²) in [5, 5.41) is 10.4. The summed E-state index contributed by atoms with van der Waals surface area (Å²) >= 11 is 0. The van der Waals surface area contributed by atoms with Gasteiger partial charge in [-0.05, 0) is 12.8 Å². The van der Waals surface area contributed by atoms with Gasteiger partial charge in [0, 0.05) is 12.1 Å². The number of ether oxygens (including phenoxy) is 1. The smallest absolute Gasteiger partial charge is 0.201 e. The lowest BCUT2D eigenvalue weighted by Crippen LogP contribution is -2.24. The fraction of sp³-hybridized carbons (Fsp3) is 0.533. The molecule has 114 valence electrons. The zero-order valence-electron chi connectivity index (χ0n) is 12.1. The van der Waals surface area contributed by atoms with Crippen molar-refractivity contribution in [2.75, 3.05) is 12.8 Å². The third-order valence-corrected chi connectivity index (χ3v) is 4.27. The fourth-order valence-corrected chi connectivity index (χ4v) is 3.19. The molecule has 3 N–H and O–H groups in total. The number of nitrogen functional groups attached to an aromatic ring is 1. The molecule has 1 aromatic carbocycles. The van der Waals surface area contributed by atoms with E-state index >= 15 is 0 Å². The molecular formula is C15H20FN3O2. The van der Waals surface area contributed by atoms with Crippen LogP contribution in [-0.2, 0) is 0 Å². The Morgan fingerprint density at radius 2 is 2.10 bits per heavy atom. The number of fused-ring (bicyclic) bond motifs is 1. The van der Waals surface area contributed by atoms with Gasteiger partial charge in [-0.2, -0.15) is 0 Å². The average Bonchev–Trinajstić information content (AvgIpc) is 2.62. The quantitative estimate of drug-likeness (QED) is 0.835. The van der Waals surface area contributed by atoms with Crippen molar-refractivity contribution in [1.29, 1.82) is 0 Å². The van der Waals surface area contributed by atoms with Crippen LogP contribution in [0.5, 0.6) is 5.75 Å². The number of halogens is 1. The second-order valence-electron chi connectivity index (χ2n) is 5.59. The Hall–Kier alpha value is -1.82. The standard InChI is InChI=1S/C15H20FN3O2/c1-21-14-8-12-10(7-9(14)16)18-15(17)19(12)11-5-3-2-4-6-13(11)20/h7-8,11,13,20H,2-6H2,1H3,(H2,17,18). The fourth-order valence-electron chi connectivity index (χ4n) is 3.19. The van der Waals surface area contributed by atoms with Crippen LogP contribution in [0.4, 0.5) is 10.3 Å². The Morgan fingerprint density at radius 3 is 2.86 bits per heavy atom. The van der Waals surface area contributed by atoms with Crippen LogP contribution in [0.2, 0.25) is 0 Å². The number of nitrogens with two attached hydrogens (primary N) is 1. The lowest BCUT2D eigenvalue weighted by atomic mass is 10.1. The van der Waals surface area contributed by atoms with Gasteiger partial charge in [0.1, 0.15) is 0 Å². The zero-order valence-corrected chi connectivity index (χ0v) is 12.1. The van der Waals surface area contributed by atoms with E-state index in [1.165, 1.54) is 13.2 Å². The first kappa shape index (κ1) is 14.1. The molecule has 6 heteroatoms. The number of rotatable bonds is 2. The maximum atomic E-state index is 13.8. The number of hydrogen-bond acceptors (Lipinski definition) is 4. The SMILES string of the molecule is COc1cc2c(cc1F)nc(N)n2C1CCCCCC1O. The van der Waals surface area contributed by atoms with E-state index in [2.05, 4.69) is 4.98 Å². The highest BCUT2D eigenvalue weighted by Gasteiger charge is 2.27. The predicted octanol–water partition coefficient (Wildman–Crippen LogP) is 2.63. The summed E-state index contributed by atoms with van der Waals surface area (Å²) in [7, 11) is 1.43. The number of methoxy groups -OCH3 is 1. The first-order valence-corrected chi connectivity index (χ1v) is 7.31. The molecule has 2 atom stereocenters. The molecule has 1 aliphatic carbocycles. The number of hydrogen-bond donors (Lipinski definition) is 2. The normalized spacial score (nSPS) is 23.2. The van der Waals surface area contributed by atoms with E-state index in [9.17, 15) is 9.50 Å². The van der Waals surface area contributed by atoms with Crippen molar-refractivity contribution in [2.45, 2.75) is 44.2 Å². The maximum absolute atomic E-state index is 13.8. The van der Waals surface area contributed by atoms with Gasteiger partial charge in [0.05, 0.1) is 30.3 Å². The highest BCUT2D eigenvalue weighted by Crippen LogP contribution is 2.34. The van der Waals surface area contributed by atoms with Crippen molar-refractivity contribution in [3.63, 3.8) is 0 Å². The van der Waals surface area contributed by atoms with Crippen molar-refractivity contribution in [1.82, 2.24) is 9.55 Å². The van der Waals surface area contributed by atoms with Crippen LogP contribution in [-0.4, -0.2) is 27.9 Å². The molecule has 2 unspecified atom stereocenters. The molecule has 1 saturated carbocycles. The summed E-state index contributed by atoms with van der Waals surface area (Å²) in [4.78, 5) is 4.22. The topological polar surface area (TPSA) is 73.3 Å². The van der Waals surface area contributed by atoms with Crippen LogP contribution in [0.15, 0.2) is 12.1 Å². The molecule has 0 spiro atoms. The molecule has 5 nitrogen and oxygen atoms in total. The van der Waals surface area contributed by atoms with Crippen LogP contribution < -0.4 is 10.5 Å². The van der Waals surface area contributed by atoms with E-state index in [1.54, 1.807) is 6.07 Å². The van der Waals surface area contributed by atoms with Gasteiger partial charge in [0.15, 0.2) is 11.6 Å². The van der Waals surface area contributed by atoms with Gasteiger partial charge < -0.3 is 20.1 Å². The first-order valence-electron chi connectivity index (χ1n) is 7.31. The van der Waals surface area contributed by atoms with Crippen LogP contribution >= 0.6 is 0 Å². The number of aromatic nitrogens is 2. The van der Waals surface area contributed by atoms with Gasteiger partial charge >= 0.3 is 0 Å². The Bertz CT molecular complexity index is 656. The Kier molecular flexibility index (Phi) is 3.71. The van der Waals surface area contributed by atoms with Gasteiger partial charge in [-0.1, -0.05) is 19.3 Å². The molecule has 21 heavy (non-hydrogen) atoms. The molecule has 3 rings (SSSR count). The summed E-state index contributed by atoms with van der Waals surface area (Å²) in [6, 6.07) is 2.81. The molecule has 0 bridgehead atoms. The number of anilines is 1. The Morgan fingerprint density at radius 1 is 1.33 bits per heavy atom. The monoisotopic (exact) mass is 293 g/mol.